The number of piperidine rings is 1. The van der Waals surface area contributed by atoms with E-state index in [1.54, 1.807) is 10.4 Å². The third kappa shape index (κ3) is 4.29. The van der Waals surface area contributed by atoms with E-state index in [-0.39, 0.29) is 5.91 Å². The van der Waals surface area contributed by atoms with Crippen LogP contribution in [0.1, 0.15) is 56.1 Å². The van der Waals surface area contributed by atoms with E-state index in [4.69, 9.17) is 0 Å². The average Bonchev–Trinajstić information content (AvgIpc) is 3.27. The number of amides is 1. The molecule has 1 amide bonds. The van der Waals surface area contributed by atoms with Crippen LogP contribution in [-0.4, -0.2) is 73.7 Å². The molecule has 0 spiro atoms. The Bertz CT molecular complexity index is 922. The molecule has 7 heteroatoms. The molecule has 1 aromatic carbocycles. The minimum atomic E-state index is -3.46. The molecule has 2 heterocycles. The number of nitrogens with zero attached hydrogens (tertiary/aromatic N) is 3. The van der Waals surface area contributed by atoms with Gasteiger partial charge in [-0.15, -0.1) is 0 Å². The number of benzene rings is 1. The molecule has 0 aromatic heterocycles. The van der Waals surface area contributed by atoms with E-state index >= 15 is 0 Å². The SMILES string of the molecule is O=C(CN1CCN(S(=O)(=O)c2ccc3c(c2)CCC3)CC1)N1CCC[C@H]2CCCC[C@@H]21. The molecule has 2 aliphatic carbocycles. The maximum absolute atomic E-state index is 13.2. The number of likely N-dealkylation sites (tertiary alicyclic amines) is 1. The molecule has 2 atom stereocenters. The number of piperazine rings is 1. The molecule has 0 radical (unpaired) electrons. The Balaban J connectivity index is 1.18. The van der Waals surface area contributed by atoms with Gasteiger partial charge in [-0.05, 0) is 74.1 Å². The second-order valence-corrected chi connectivity index (χ2v) is 11.7. The first kappa shape index (κ1) is 21.4. The lowest BCUT2D eigenvalue weighted by Crippen LogP contribution is -2.55. The molecule has 4 aliphatic rings. The molecule has 5 rings (SSSR count). The van der Waals surface area contributed by atoms with Crippen molar-refractivity contribution in [1.29, 1.82) is 0 Å². The number of sulfonamides is 1. The number of hydrogen-bond acceptors (Lipinski definition) is 4. The summed E-state index contributed by atoms with van der Waals surface area (Å²) in [7, 11) is -3.46. The van der Waals surface area contributed by atoms with E-state index in [1.165, 1.54) is 36.8 Å². The van der Waals surface area contributed by atoms with E-state index in [0.717, 1.165) is 38.6 Å². The van der Waals surface area contributed by atoms with Crippen LogP contribution in [-0.2, 0) is 27.7 Å². The van der Waals surface area contributed by atoms with Gasteiger partial charge in [-0.3, -0.25) is 9.69 Å². The van der Waals surface area contributed by atoms with E-state index in [2.05, 4.69) is 9.80 Å². The zero-order chi connectivity index (χ0) is 21.4. The van der Waals surface area contributed by atoms with Gasteiger partial charge in [-0.2, -0.15) is 4.31 Å². The van der Waals surface area contributed by atoms with Gasteiger partial charge in [0.25, 0.3) is 0 Å². The van der Waals surface area contributed by atoms with Crippen LogP contribution >= 0.6 is 0 Å². The molecule has 0 bridgehead atoms. The Labute approximate surface area is 186 Å². The summed E-state index contributed by atoms with van der Waals surface area (Å²) in [5, 5.41) is 0. The summed E-state index contributed by atoms with van der Waals surface area (Å²) in [6, 6.07) is 6.08. The van der Waals surface area contributed by atoms with Crippen LogP contribution in [0.5, 0.6) is 0 Å². The van der Waals surface area contributed by atoms with Crippen molar-refractivity contribution in [3.63, 3.8) is 0 Å². The normalized spacial score (nSPS) is 27.7. The Kier molecular flexibility index (Phi) is 6.10. The summed E-state index contributed by atoms with van der Waals surface area (Å²) in [4.78, 5) is 17.8. The fourth-order valence-electron chi connectivity index (χ4n) is 6.20. The first-order valence-corrected chi connectivity index (χ1v) is 13.6. The Morgan fingerprint density at radius 3 is 2.45 bits per heavy atom. The molecule has 1 saturated carbocycles. The van der Waals surface area contributed by atoms with Crippen LogP contribution in [0.2, 0.25) is 0 Å². The van der Waals surface area contributed by atoms with Gasteiger partial charge in [-0.25, -0.2) is 8.42 Å². The predicted molar refractivity (Wildman–Crippen MR) is 120 cm³/mol. The summed E-state index contributed by atoms with van der Waals surface area (Å²) < 4.78 is 27.9. The highest BCUT2D eigenvalue weighted by atomic mass is 32.2. The summed E-state index contributed by atoms with van der Waals surface area (Å²) in [6.07, 6.45) is 10.5. The van der Waals surface area contributed by atoms with Gasteiger partial charge in [0.2, 0.25) is 15.9 Å². The highest BCUT2D eigenvalue weighted by Gasteiger charge is 2.37. The highest BCUT2D eigenvalue weighted by molar-refractivity contribution is 7.89. The van der Waals surface area contributed by atoms with Gasteiger partial charge in [-0.1, -0.05) is 18.9 Å². The number of fused-ring (bicyclic) bond motifs is 2. The molecule has 170 valence electrons. The maximum Gasteiger partial charge on any atom is 0.243 e. The fourth-order valence-corrected chi connectivity index (χ4v) is 7.68. The molecule has 6 nitrogen and oxygen atoms in total. The molecule has 3 fully saturated rings. The lowest BCUT2D eigenvalue weighted by atomic mass is 9.78. The van der Waals surface area contributed by atoms with Gasteiger partial charge < -0.3 is 4.90 Å². The van der Waals surface area contributed by atoms with E-state index in [0.29, 0.717) is 49.6 Å². The van der Waals surface area contributed by atoms with Gasteiger partial charge in [0.1, 0.15) is 0 Å². The Morgan fingerprint density at radius 2 is 1.61 bits per heavy atom. The van der Waals surface area contributed by atoms with Crippen molar-refractivity contribution in [3.8, 4) is 0 Å². The second kappa shape index (κ2) is 8.83. The van der Waals surface area contributed by atoms with E-state index in [9.17, 15) is 13.2 Å². The quantitative estimate of drug-likeness (QED) is 0.715. The van der Waals surface area contributed by atoms with Crippen LogP contribution in [0, 0.1) is 5.92 Å². The molecule has 1 aromatic rings. The fraction of sp³-hybridized carbons (Fsp3) is 0.708. The number of carbonyl (C=O) groups excluding carboxylic acids is 1. The van der Waals surface area contributed by atoms with Gasteiger partial charge in [0.05, 0.1) is 11.4 Å². The van der Waals surface area contributed by atoms with Gasteiger partial charge in [0, 0.05) is 38.8 Å². The van der Waals surface area contributed by atoms with Crippen LogP contribution in [0.4, 0.5) is 0 Å². The van der Waals surface area contributed by atoms with Crippen LogP contribution in [0.3, 0.4) is 0 Å². The first-order chi connectivity index (χ1) is 15.0. The second-order valence-electron chi connectivity index (χ2n) is 9.81. The zero-order valence-electron chi connectivity index (χ0n) is 18.5. The van der Waals surface area contributed by atoms with Crippen molar-refractivity contribution in [1.82, 2.24) is 14.1 Å². The van der Waals surface area contributed by atoms with Crippen molar-refractivity contribution < 1.29 is 13.2 Å². The van der Waals surface area contributed by atoms with E-state index in [1.807, 2.05) is 12.1 Å². The Hall–Kier alpha value is -1.44. The van der Waals surface area contributed by atoms with Crippen molar-refractivity contribution >= 4 is 15.9 Å². The third-order valence-corrected chi connectivity index (χ3v) is 9.86. The average molecular weight is 446 g/mol. The molecular weight excluding hydrogens is 410 g/mol. The minimum absolute atomic E-state index is 0.242. The number of rotatable bonds is 4. The zero-order valence-corrected chi connectivity index (χ0v) is 19.3. The molecule has 2 aliphatic heterocycles. The van der Waals surface area contributed by atoms with Crippen molar-refractivity contribution in [2.24, 2.45) is 5.92 Å². The van der Waals surface area contributed by atoms with Crippen molar-refractivity contribution in [3.05, 3.63) is 29.3 Å². The number of hydrogen-bond donors (Lipinski definition) is 0. The van der Waals surface area contributed by atoms with Gasteiger partial charge in [0.15, 0.2) is 0 Å². The smallest absolute Gasteiger partial charge is 0.243 e. The van der Waals surface area contributed by atoms with Crippen LogP contribution in [0.15, 0.2) is 23.1 Å². The lowest BCUT2D eigenvalue weighted by molar-refractivity contribution is -0.139. The molecular formula is C24H35N3O3S. The Morgan fingerprint density at radius 1 is 0.871 bits per heavy atom. The highest BCUT2D eigenvalue weighted by Crippen LogP contribution is 2.35. The first-order valence-electron chi connectivity index (χ1n) is 12.2. The third-order valence-electron chi connectivity index (χ3n) is 7.96. The van der Waals surface area contributed by atoms with Crippen molar-refractivity contribution in [2.75, 3.05) is 39.3 Å². The summed E-state index contributed by atoms with van der Waals surface area (Å²) in [5.74, 6) is 0.937. The summed E-state index contributed by atoms with van der Waals surface area (Å²) in [6.45, 7) is 3.48. The van der Waals surface area contributed by atoms with Crippen molar-refractivity contribution in [2.45, 2.75) is 68.7 Å². The monoisotopic (exact) mass is 445 g/mol. The molecule has 2 saturated heterocycles. The topological polar surface area (TPSA) is 60.9 Å². The molecule has 0 N–H and O–H groups in total. The van der Waals surface area contributed by atoms with Crippen LogP contribution < -0.4 is 0 Å². The van der Waals surface area contributed by atoms with E-state index < -0.39 is 10.0 Å². The molecule has 0 unspecified atom stereocenters. The summed E-state index contributed by atoms with van der Waals surface area (Å²) >= 11 is 0. The lowest BCUT2D eigenvalue weighted by Gasteiger charge is -2.45. The predicted octanol–water partition coefficient (Wildman–Crippen LogP) is 2.66. The largest absolute Gasteiger partial charge is 0.338 e. The standard InChI is InChI=1S/C24H35N3O3S/c28-24(27-12-4-8-20-5-1-2-9-23(20)27)18-25-13-15-26(16-14-25)31(29,30)22-11-10-19-6-3-7-21(19)17-22/h10-11,17,20,23H,1-9,12-16,18H2/t20-,23+/m1/s1. The number of carbonyl (C=O) groups is 1. The van der Waals surface area contributed by atoms with Crippen LogP contribution in [0.25, 0.3) is 0 Å². The number of aryl methyl sites for hydroxylation is 2. The molecule has 31 heavy (non-hydrogen) atoms. The minimum Gasteiger partial charge on any atom is -0.338 e. The maximum atomic E-state index is 13.2. The van der Waals surface area contributed by atoms with Gasteiger partial charge >= 0.3 is 0 Å². The summed E-state index contributed by atoms with van der Waals surface area (Å²) in [5.41, 5.74) is 2.48.